The quantitative estimate of drug-likeness (QED) is 0.643. The summed E-state index contributed by atoms with van der Waals surface area (Å²) in [6.45, 7) is 2.83. The number of nitrogens with two attached hydrogens (primary N) is 1. The van der Waals surface area contributed by atoms with Crippen LogP contribution in [0.15, 0.2) is 22.5 Å². The molecular formula is C11H17N3O2S. The number of carbonyl (C=O) groups is 1. The molecular weight excluding hydrogens is 238 g/mol. The number of rotatable bonds is 7. The molecule has 1 aromatic rings. The molecule has 0 aliphatic heterocycles. The molecule has 0 fully saturated rings. The Morgan fingerprint density at radius 2 is 2.47 bits per heavy atom. The molecule has 6 heteroatoms. The van der Waals surface area contributed by atoms with Crippen molar-refractivity contribution in [3.63, 3.8) is 0 Å². The van der Waals surface area contributed by atoms with Crippen molar-refractivity contribution in [1.29, 1.82) is 0 Å². The van der Waals surface area contributed by atoms with E-state index in [2.05, 4.69) is 10.3 Å². The lowest BCUT2D eigenvalue weighted by Crippen LogP contribution is -2.38. The van der Waals surface area contributed by atoms with Gasteiger partial charge in [0, 0.05) is 18.7 Å². The maximum atomic E-state index is 11.2. The molecule has 0 bridgehead atoms. The molecule has 0 aliphatic rings. The van der Waals surface area contributed by atoms with E-state index >= 15 is 0 Å². The minimum atomic E-state index is -0.931. The molecule has 0 saturated carbocycles. The molecule has 0 saturated heterocycles. The van der Waals surface area contributed by atoms with E-state index in [1.165, 1.54) is 11.3 Å². The summed E-state index contributed by atoms with van der Waals surface area (Å²) in [6.07, 6.45) is 0.489. The fraction of sp³-hybridized carbons (Fsp3) is 0.455. The van der Waals surface area contributed by atoms with Gasteiger partial charge < -0.3 is 16.2 Å². The van der Waals surface area contributed by atoms with E-state index < -0.39 is 12.0 Å². The minimum Gasteiger partial charge on any atom is -0.479 e. The predicted octanol–water partition coefficient (Wildman–Crippen LogP) is 1.42. The van der Waals surface area contributed by atoms with Crippen molar-refractivity contribution in [3.05, 3.63) is 17.5 Å². The molecule has 0 unspecified atom stereocenters. The number of carboxylic acid groups (broad SMARTS) is 1. The molecule has 4 N–H and O–H groups in total. The van der Waals surface area contributed by atoms with Gasteiger partial charge in [0.15, 0.2) is 6.04 Å². The van der Waals surface area contributed by atoms with Crippen LogP contribution < -0.4 is 11.1 Å². The van der Waals surface area contributed by atoms with E-state index in [0.717, 1.165) is 5.00 Å². The normalized spacial score (nSPS) is 13.4. The number of anilines is 1. The minimum absolute atomic E-state index is 0.398. The van der Waals surface area contributed by atoms with Gasteiger partial charge >= 0.3 is 5.97 Å². The summed E-state index contributed by atoms with van der Waals surface area (Å²) < 4.78 is 0. The van der Waals surface area contributed by atoms with Crippen molar-refractivity contribution < 1.29 is 9.90 Å². The van der Waals surface area contributed by atoms with Crippen LogP contribution >= 0.6 is 11.3 Å². The summed E-state index contributed by atoms with van der Waals surface area (Å²) in [5, 5.41) is 14.9. The monoisotopic (exact) mass is 255 g/mol. The second-order valence-corrected chi connectivity index (χ2v) is 4.34. The van der Waals surface area contributed by atoms with E-state index in [-0.39, 0.29) is 0 Å². The van der Waals surface area contributed by atoms with Gasteiger partial charge in [-0.25, -0.2) is 4.79 Å². The van der Waals surface area contributed by atoms with Gasteiger partial charge in [-0.15, -0.1) is 11.3 Å². The van der Waals surface area contributed by atoms with Crippen molar-refractivity contribution in [3.8, 4) is 0 Å². The van der Waals surface area contributed by atoms with Crippen molar-refractivity contribution in [2.24, 2.45) is 10.7 Å². The Labute approximate surface area is 104 Å². The lowest BCUT2D eigenvalue weighted by molar-refractivity contribution is -0.136. The fourth-order valence-electron chi connectivity index (χ4n) is 1.46. The zero-order valence-corrected chi connectivity index (χ0v) is 10.5. The highest BCUT2D eigenvalue weighted by molar-refractivity contribution is 7.14. The number of carboxylic acids is 1. The number of nitrogens with zero attached hydrogens (tertiary/aromatic N) is 1. The van der Waals surface area contributed by atoms with E-state index in [9.17, 15) is 9.90 Å². The maximum absolute atomic E-state index is 11.2. The Balaban J connectivity index is 2.83. The molecule has 1 aromatic heterocycles. The van der Waals surface area contributed by atoms with Crippen LogP contribution in [0.5, 0.6) is 0 Å². The summed E-state index contributed by atoms with van der Waals surface area (Å²) >= 11 is 1.46. The molecule has 0 amide bonds. The third-order valence-corrected chi connectivity index (χ3v) is 2.95. The topological polar surface area (TPSA) is 87.7 Å². The summed E-state index contributed by atoms with van der Waals surface area (Å²) in [6, 6.07) is 2.91. The Hall–Kier alpha value is -1.40. The van der Waals surface area contributed by atoms with Gasteiger partial charge in [-0.3, -0.25) is 4.99 Å². The van der Waals surface area contributed by atoms with Crippen molar-refractivity contribution in [2.45, 2.75) is 19.4 Å². The zero-order chi connectivity index (χ0) is 12.7. The predicted molar refractivity (Wildman–Crippen MR) is 71.0 cm³/mol. The van der Waals surface area contributed by atoms with Crippen LogP contribution in [0.3, 0.4) is 0 Å². The Morgan fingerprint density at radius 3 is 2.94 bits per heavy atom. The lowest BCUT2D eigenvalue weighted by atomic mass is 10.1. The molecule has 0 radical (unpaired) electrons. The molecule has 1 atom stereocenters. The largest absolute Gasteiger partial charge is 0.479 e. The van der Waals surface area contributed by atoms with Crippen LogP contribution in [0.1, 0.15) is 13.3 Å². The molecule has 1 rings (SSSR count). The second-order valence-electron chi connectivity index (χ2n) is 3.40. The standard InChI is InChI=1S/C11H17N3O2S/c1-2-13-8(5-6-12)10(11(15)16)14-9-4-3-7-17-9/h3-4,7,10,14H,2,5-6,12H2,1H3,(H,15,16)/t10-/m0/s1. The van der Waals surface area contributed by atoms with Gasteiger partial charge in [0.2, 0.25) is 0 Å². The van der Waals surface area contributed by atoms with Crippen LogP contribution in [0.25, 0.3) is 0 Å². The number of aliphatic imine (C=N–C) groups is 1. The number of hydrogen-bond acceptors (Lipinski definition) is 5. The lowest BCUT2D eigenvalue weighted by Gasteiger charge is -2.16. The first kappa shape index (κ1) is 13.7. The number of thiophene rings is 1. The Morgan fingerprint density at radius 1 is 1.71 bits per heavy atom. The molecule has 0 aromatic carbocycles. The fourth-order valence-corrected chi connectivity index (χ4v) is 2.10. The van der Waals surface area contributed by atoms with Gasteiger partial charge in [0.1, 0.15) is 0 Å². The molecule has 94 valence electrons. The summed E-state index contributed by atoms with van der Waals surface area (Å²) in [5.74, 6) is -0.931. The average Bonchev–Trinajstić information content (AvgIpc) is 2.78. The summed E-state index contributed by atoms with van der Waals surface area (Å²) in [7, 11) is 0. The van der Waals surface area contributed by atoms with Crippen LogP contribution in [-0.2, 0) is 4.79 Å². The maximum Gasteiger partial charge on any atom is 0.332 e. The van der Waals surface area contributed by atoms with Gasteiger partial charge in [-0.05, 0) is 31.0 Å². The summed E-state index contributed by atoms with van der Waals surface area (Å²) in [5.41, 5.74) is 6.07. The van der Waals surface area contributed by atoms with Crippen LogP contribution in [0.2, 0.25) is 0 Å². The Bertz CT molecular complexity index is 376. The second kappa shape index (κ2) is 7.03. The third kappa shape index (κ3) is 4.16. The first-order valence-electron chi connectivity index (χ1n) is 5.45. The molecule has 0 aliphatic carbocycles. The van der Waals surface area contributed by atoms with Crippen LogP contribution in [-0.4, -0.2) is 35.9 Å². The SMILES string of the molecule is CCN=C(CCN)[C@H](Nc1cccs1)C(=O)O. The highest BCUT2D eigenvalue weighted by atomic mass is 32.1. The number of aliphatic carboxylic acids is 1. The third-order valence-electron chi connectivity index (χ3n) is 2.15. The van der Waals surface area contributed by atoms with Crippen molar-refractivity contribution >= 4 is 28.0 Å². The molecule has 0 spiro atoms. The van der Waals surface area contributed by atoms with Crippen molar-refractivity contribution in [1.82, 2.24) is 0 Å². The van der Waals surface area contributed by atoms with Gasteiger partial charge in [0.25, 0.3) is 0 Å². The van der Waals surface area contributed by atoms with E-state index in [1.54, 1.807) is 0 Å². The van der Waals surface area contributed by atoms with Gasteiger partial charge in [-0.1, -0.05) is 0 Å². The summed E-state index contributed by atoms with van der Waals surface area (Å²) in [4.78, 5) is 15.5. The van der Waals surface area contributed by atoms with Crippen molar-refractivity contribution in [2.75, 3.05) is 18.4 Å². The Kier molecular flexibility index (Phi) is 5.65. The van der Waals surface area contributed by atoms with E-state index in [1.807, 2.05) is 24.4 Å². The number of nitrogens with one attached hydrogen (secondary N) is 1. The highest BCUT2D eigenvalue weighted by Crippen LogP contribution is 2.17. The van der Waals surface area contributed by atoms with Gasteiger partial charge in [-0.2, -0.15) is 0 Å². The first-order valence-corrected chi connectivity index (χ1v) is 6.33. The van der Waals surface area contributed by atoms with Crippen LogP contribution in [0.4, 0.5) is 5.00 Å². The smallest absolute Gasteiger partial charge is 0.332 e. The van der Waals surface area contributed by atoms with E-state index in [4.69, 9.17) is 5.73 Å². The highest BCUT2D eigenvalue weighted by Gasteiger charge is 2.23. The first-order chi connectivity index (χ1) is 8.19. The molecule has 17 heavy (non-hydrogen) atoms. The molecule has 5 nitrogen and oxygen atoms in total. The van der Waals surface area contributed by atoms with Crippen LogP contribution in [0, 0.1) is 0 Å². The average molecular weight is 255 g/mol. The molecule has 1 heterocycles. The van der Waals surface area contributed by atoms with Gasteiger partial charge in [0.05, 0.1) is 5.00 Å². The zero-order valence-electron chi connectivity index (χ0n) is 9.72. The van der Waals surface area contributed by atoms with E-state index in [0.29, 0.717) is 25.2 Å². The number of hydrogen-bond donors (Lipinski definition) is 3.